The average molecular weight is 341 g/mol. The molecule has 1 aromatic rings. The molecule has 1 fully saturated rings. The number of benzene rings is 1. The van der Waals surface area contributed by atoms with Crippen LogP contribution in [0.2, 0.25) is 10.0 Å². The summed E-state index contributed by atoms with van der Waals surface area (Å²) in [5.74, 6) is -0.295. The van der Waals surface area contributed by atoms with Crippen LogP contribution in [0, 0.1) is 0 Å². The largest absolute Gasteiger partial charge is 0.357 e. The van der Waals surface area contributed by atoms with Gasteiger partial charge < -0.3 is 10.2 Å². The predicted molar refractivity (Wildman–Crippen MR) is 88.9 cm³/mol. The molecule has 0 unspecified atom stereocenters. The van der Waals surface area contributed by atoms with Crippen molar-refractivity contribution in [1.29, 1.82) is 0 Å². The van der Waals surface area contributed by atoms with E-state index in [1.807, 2.05) is 0 Å². The zero-order chi connectivity index (χ0) is 16.1. The van der Waals surface area contributed by atoms with Gasteiger partial charge >= 0.3 is 0 Å². The molecule has 0 aromatic heterocycles. The zero-order valence-corrected chi connectivity index (χ0v) is 13.8. The van der Waals surface area contributed by atoms with Gasteiger partial charge in [-0.2, -0.15) is 0 Å². The Balaban J connectivity index is 2.12. The number of nitrogens with one attached hydrogen (secondary N) is 1. The van der Waals surface area contributed by atoms with E-state index in [-0.39, 0.29) is 17.9 Å². The summed E-state index contributed by atoms with van der Waals surface area (Å²) in [5.41, 5.74) is 0.749. The van der Waals surface area contributed by atoms with Crippen LogP contribution < -0.4 is 5.32 Å². The van der Waals surface area contributed by atoms with E-state index < -0.39 is 0 Å². The second-order valence-electron chi connectivity index (χ2n) is 5.19. The summed E-state index contributed by atoms with van der Waals surface area (Å²) >= 11 is 11.9. The Bertz CT molecular complexity index is 582. The average Bonchev–Trinajstić information content (AvgIpc) is 2.51. The van der Waals surface area contributed by atoms with Gasteiger partial charge in [-0.25, -0.2) is 0 Å². The van der Waals surface area contributed by atoms with Crippen LogP contribution in [0.4, 0.5) is 0 Å². The van der Waals surface area contributed by atoms with Crippen molar-refractivity contribution in [3.05, 3.63) is 39.9 Å². The number of likely N-dealkylation sites (tertiary alicyclic amines) is 1. The molecule has 1 heterocycles. The molecule has 0 radical (unpaired) electrons. The molecule has 2 amide bonds. The Kier molecular flexibility index (Phi) is 5.86. The molecule has 2 rings (SSSR count). The summed E-state index contributed by atoms with van der Waals surface area (Å²) < 4.78 is 0. The summed E-state index contributed by atoms with van der Waals surface area (Å²) in [6.07, 6.45) is 5.69. The van der Waals surface area contributed by atoms with Crippen LogP contribution in [0.5, 0.6) is 0 Å². The van der Waals surface area contributed by atoms with Gasteiger partial charge in [0.2, 0.25) is 11.8 Å². The Morgan fingerprint density at radius 2 is 1.91 bits per heavy atom. The van der Waals surface area contributed by atoms with Crippen LogP contribution in [-0.4, -0.2) is 36.3 Å². The maximum Gasteiger partial charge on any atom is 0.247 e. The first-order valence-electron chi connectivity index (χ1n) is 7.17. The Morgan fingerprint density at radius 1 is 1.23 bits per heavy atom. The first kappa shape index (κ1) is 16.8. The lowest BCUT2D eigenvalue weighted by molar-refractivity contribution is -0.138. The topological polar surface area (TPSA) is 49.4 Å². The minimum absolute atomic E-state index is 0.118. The number of halogens is 2. The van der Waals surface area contributed by atoms with E-state index in [2.05, 4.69) is 5.32 Å². The normalized spacial score (nSPS) is 18.5. The van der Waals surface area contributed by atoms with E-state index in [0.717, 1.165) is 18.4 Å². The Hall–Kier alpha value is -1.52. The molecular formula is C16H18Cl2N2O2. The lowest BCUT2D eigenvalue weighted by atomic mass is 10.0. The fourth-order valence-corrected chi connectivity index (χ4v) is 3.11. The number of hydrogen-bond acceptors (Lipinski definition) is 2. The summed E-state index contributed by atoms with van der Waals surface area (Å²) in [7, 11) is 1.59. The number of piperidine rings is 1. The third-order valence-corrected chi connectivity index (χ3v) is 4.07. The molecule has 1 aliphatic rings. The van der Waals surface area contributed by atoms with Crippen LogP contribution in [-0.2, 0) is 9.59 Å². The lowest BCUT2D eigenvalue weighted by Gasteiger charge is -2.33. The molecule has 1 aromatic carbocycles. The van der Waals surface area contributed by atoms with E-state index in [4.69, 9.17) is 23.2 Å². The molecule has 118 valence electrons. The van der Waals surface area contributed by atoms with E-state index in [9.17, 15) is 9.59 Å². The molecule has 1 aliphatic heterocycles. The van der Waals surface area contributed by atoms with Gasteiger partial charge in [0.25, 0.3) is 0 Å². The van der Waals surface area contributed by atoms with Crippen LogP contribution in [0.1, 0.15) is 24.8 Å². The second kappa shape index (κ2) is 7.65. The minimum atomic E-state index is -0.390. The standard InChI is InChI=1S/C16H18Cl2N2O2/c1-19-16(22)14-4-2-3-7-20(14)15(21)6-5-11-8-12(17)10-13(18)9-11/h5-6,8-10,14H,2-4,7H2,1H3,(H,19,22)/b6-5+/t14-/m1/s1. The zero-order valence-electron chi connectivity index (χ0n) is 12.3. The van der Waals surface area contributed by atoms with Crippen molar-refractivity contribution >= 4 is 41.1 Å². The van der Waals surface area contributed by atoms with Gasteiger partial charge in [-0.15, -0.1) is 0 Å². The summed E-state index contributed by atoms with van der Waals surface area (Å²) in [4.78, 5) is 25.9. The van der Waals surface area contributed by atoms with Crippen LogP contribution in [0.25, 0.3) is 6.08 Å². The van der Waals surface area contributed by atoms with Crippen molar-refractivity contribution in [2.24, 2.45) is 0 Å². The van der Waals surface area contributed by atoms with Gasteiger partial charge in [-0.1, -0.05) is 23.2 Å². The molecule has 0 bridgehead atoms. The highest BCUT2D eigenvalue weighted by molar-refractivity contribution is 6.34. The number of carbonyl (C=O) groups excluding carboxylic acids is 2. The van der Waals surface area contributed by atoms with Crippen molar-refractivity contribution in [3.8, 4) is 0 Å². The van der Waals surface area contributed by atoms with Crippen molar-refractivity contribution in [3.63, 3.8) is 0 Å². The molecule has 6 heteroatoms. The quantitative estimate of drug-likeness (QED) is 0.859. The number of carbonyl (C=O) groups is 2. The molecule has 0 spiro atoms. The smallest absolute Gasteiger partial charge is 0.247 e. The summed E-state index contributed by atoms with van der Waals surface area (Å²) in [5, 5.41) is 3.65. The number of nitrogens with zero attached hydrogens (tertiary/aromatic N) is 1. The molecule has 1 atom stereocenters. The van der Waals surface area contributed by atoms with Gasteiger partial charge in [0.15, 0.2) is 0 Å². The van der Waals surface area contributed by atoms with E-state index in [1.165, 1.54) is 6.08 Å². The van der Waals surface area contributed by atoms with Crippen molar-refractivity contribution < 1.29 is 9.59 Å². The molecule has 4 nitrogen and oxygen atoms in total. The van der Waals surface area contributed by atoms with Crippen LogP contribution in [0.15, 0.2) is 24.3 Å². The maximum atomic E-state index is 12.4. The van der Waals surface area contributed by atoms with Gasteiger partial charge in [0.1, 0.15) is 6.04 Å². The monoisotopic (exact) mass is 340 g/mol. The third-order valence-electron chi connectivity index (χ3n) is 3.64. The van der Waals surface area contributed by atoms with Gasteiger partial charge in [-0.3, -0.25) is 9.59 Å². The molecular weight excluding hydrogens is 323 g/mol. The lowest BCUT2D eigenvalue weighted by Crippen LogP contribution is -2.50. The highest BCUT2D eigenvalue weighted by Gasteiger charge is 2.30. The SMILES string of the molecule is CNC(=O)[C@H]1CCCCN1C(=O)/C=C/c1cc(Cl)cc(Cl)c1. The van der Waals surface area contributed by atoms with E-state index in [0.29, 0.717) is 23.0 Å². The van der Waals surface area contributed by atoms with Crippen molar-refractivity contribution in [2.75, 3.05) is 13.6 Å². The van der Waals surface area contributed by atoms with Gasteiger partial charge in [0, 0.05) is 29.7 Å². The highest BCUT2D eigenvalue weighted by atomic mass is 35.5. The molecule has 1 N–H and O–H groups in total. The fraction of sp³-hybridized carbons (Fsp3) is 0.375. The number of amides is 2. The van der Waals surface area contributed by atoms with Crippen LogP contribution >= 0.6 is 23.2 Å². The van der Waals surface area contributed by atoms with Crippen molar-refractivity contribution in [2.45, 2.75) is 25.3 Å². The van der Waals surface area contributed by atoms with E-state index in [1.54, 1.807) is 36.2 Å². The Morgan fingerprint density at radius 3 is 2.55 bits per heavy atom. The molecule has 0 saturated carbocycles. The molecule has 0 aliphatic carbocycles. The third kappa shape index (κ3) is 4.24. The first-order valence-corrected chi connectivity index (χ1v) is 7.93. The maximum absolute atomic E-state index is 12.4. The number of hydrogen-bond donors (Lipinski definition) is 1. The van der Waals surface area contributed by atoms with E-state index >= 15 is 0 Å². The minimum Gasteiger partial charge on any atom is -0.357 e. The summed E-state index contributed by atoms with van der Waals surface area (Å²) in [6.45, 7) is 0.595. The number of likely N-dealkylation sites (N-methyl/N-ethyl adjacent to an activating group) is 1. The van der Waals surface area contributed by atoms with Gasteiger partial charge in [0.05, 0.1) is 0 Å². The number of rotatable bonds is 3. The second-order valence-corrected chi connectivity index (χ2v) is 6.07. The highest BCUT2D eigenvalue weighted by Crippen LogP contribution is 2.21. The van der Waals surface area contributed by atoms with Gasteiger partial charge in [-0.05, 0) is 49.1 Å². The molecule has 22 heavy (non-hydrogen) atoms. The van der Waals surface area contributed by atoms with Crippen LogP contribution in [0.3, 0.4) is 0 Å². The first-order chi connectivity index (χ1) is 10.5. The summed E-state index contributed by atoms with van der Waals surface area (Å²) in [6, 6.07) is 4.70. The fourth-order valence-electron chi connectivity index (χ4n) is 2.57. The molecule has 1 saturated heterocycles. The predicted octanol–water partition coefficient (Wildman–Crippen LogP) is 3.13. The Labute approximate surface area is 140 Å². The van der Waals surface area contributed by atoms with Crippen molar-refractivity contribution in [1.82, 2.24) is 10.2 Å².